The van der Waals surface area contributed by atoms with Gasteiger partial charge in [-0.15, -0.1) is 0 Å². The molecule has 1 aliphatic rings. The van der Waals surface area contributed by atoms with Crippen LogP contribution in [0.2, 0.25) is 0 Å². The molecule has 0 heterocycles. The van der Waals surface area contributed by atoms with E-state index in [0.717, 1.165) is 13.2 Å². The van der Waals surface area contributed by atoms with Crippen LogP contribution in [0.4, 0.5) is 0 Å². The molecule has 0 aromatic carbocycles. The Morgan fingerprint density at radius 1 is 1.47 bits per heavy atom. The van der Waals surface area contributed by atoms with Gasteiger partial charge in [0, 0.05) is 6.61 Å². The van der Waals surface area contributed by atoms with E-state index in [4.69, 9.17) is 4.74 Å². The monoisotopic (exact) mass is 215 g/mol. The Kier molecular flexibility index (Phi) is 5.03. The van der Waals surface area contributed by atoms with Crippen molar-refractivity contribution in [2.24, 2.45) is 11.8 Å². The number of hydrogen-bond donors (Lipinski definition) is 2. The van der Waals surface area contributed by atoms with Crippen LogP contribution < -0.4 is 5.32 Å². The molecule has 3 heteroatoms. The van der Waals surface area contributed by atoms with Crippen LogP contribution in [0.5, 0.6) is 0 Å². The van der Waals surface area contributed by atoms with Crippen molar-refractivity contribution in [3.63, 3.8) is 0 Å². The van der Waals surface area contributed by atoms with Crippen molar-refractivity contribution in [3.05, 3.63) is 0 Å². The first kappa shape index (κ1) is 12.9. The summed E-state index contributed by atoms with van der Waals surface area (Å²) in [7, 11) is 0. The topological polar surface area (TPSA) is 41.5 Å². The quantitative estimate of drug-likeness (QED) is 0.643. The molecule has 1 aliphatic carbocycles. The van der Waals surface area contributed by atoms with Crippen molar-refractivity contribution in [1.29, 1.82) is 0 Å². The summed E-state index contributed by atoms with van der Waals surface area (Å²) < 4.78 is 5.68. The third kappa shape index (κ3) is 3.74. The van der Waals surface area contributed by atoms with Gasteiger partial charge in [-0.25, -0.2) is 0 Å². The minimum Gasteiger partial charge on any atom is -0.394 e. The second-order valence-corrected chi connectivity index (χ2v) is 5.03. The smallest absolute Gasteiger partial charge is 0.0679 e. The zero-order valence-electron chi connectivity index (χ0n) is 10.3. The lowest BCUT2D eigenvalue weighted by molar-refractivity contribution is 0.0147. The molecule has 1 fully saturated rings. The van der Waals surface area contributed by atoms with Gasteiger partial charge in [0.15, 0.2) is 0 Å². The molecule has 90 valence electrons. The molecule has 0 spiro atoms. The van der Waals surface area contributed by atoms with E-state index >= 15 is 0 Å². The van der Waals surface area contributed by atoms with Crippen LogP contribution in [-0.2, 0) is 4.74 Å². The van der Waals surface area contributed by atoms with Gasteiger partial charge in [-0.2, -0.15) is 0 Å². The van der Waals surface area contributed by atoms with Gasteiger partial charge < -0.3 is 15.2 Å². The van der Waals surface area contributed by atoms with E-state index in [1.165, 1.54) is 12.8 Å². The summed E-state index contributed by atoms with van der Waals surface area (Å²) in [6, 6.07) is 0. The van der Waals surface area contributed by atoms with Crippen LogP contribution in [0, 0.1) is 11.8 Å². The Balaban J connectivity index is 2.40. The van der Waals surface area contributed by atoms with Crippen LogP contribution in [0.3, 0.4) is 0 Å². The third-order valence-electron chi connectivity index (χ3n) is 2.98. The van der Waals surface area contributed by atoms with Crippen LogP contribution in [-0.4, -0.2) is 37.0 Å². The Labute approximate surface area is 93.2 Å². The van der Waals surface area contributed by atoms with Crippen molar-refractivity contribution >= 4 is 0 Å². The molecule has 1 rings (SSSR count). The number of nitrogens with one attached hydrogen (secondary N) is 1. The zero-order valence-corrected chi connectivity index (χ0v) is 10.3. The predicted octanol–water partition coefficient (Wildman–Crippen LogP) is 1.41. The molecule has 0 aromatic rings. The van der Waals surface area contributed by atoms with Gasteiger partial charge in [-0.3, -0.25) is 0 Å². The van der Waals surface area contributed by atoms with Gasteiger partial charge in [0.1, 0.15) is 0 Å². The maximum atomic E-state index is 9.54. The normalized spacial score (nSPS) is 20.6. The van der Waals surface area contributed by atoms with Crippen LogP contribution >= 0.6 is 0 Å². The molecule has 0 bridgehead atoms. The summed E-state index contributed by atoms with van der Waals surface area (Å²) in [6.45, 7) is 8.86. The van der Waals surface area contributed by atoms with Gasteiger partial charge in [0.2, 0.25) is 0 Å². The summed E-state index contributed by atoms with van der Waals surface area (Å²) >= 11 is 0. The summed E-state index contributed by atoms with van der Waals surface area (Å²) in [5.41, 5.74) is -0.177. The number of likely N-dealkylation sites (N-methyl/N-ethyl adjacent to an activating group) is 1. The molecule has 0 saturated heterocycles. The Hall–Kier alpha value is -0.120. The van der Waals surface area contributed by atoms with Crippen molar-refractivity contribution in [2.45, 2.75) is 39.2 Å². The first-order chi connectivity index (χ1) is 7.14. The van der Waals surface area contributed by atoms with Crippen molar-refractivity contribution in [3.8, 4) is 0 Å². The van der Waals surface area contributed by atoms with E-state index in [9.17, 15) is 5.11 Å². The Morgan fingerprint density at radius 3 is 2.53 bits per heavy atom. The number of rotatable bonds is 8. The minimum atomic E-state index is -0.177. The van der Waals surface area contributed by atoms with E-state index in [1.807, 2.05) is 0 Å². The zero-order chi connectivity index (χ0) is 11.3. The maximum absolute atomic E-state index is 9.54. The number of aliphatic hydroxyl groups excluding tert-OH is 1. The second-order valence-electron chi connectivity index (χ2n) is 5.03. The minimum absolute atomic E-state index is 0.177. The molecule has 1 saturated carbocycles. The maximum Gasteiger partial charge on any atom is 0.0679 e. The SMILES string of the molecule is CCNC(CO)(COCC(C)C)C1CC1. The fourth-order valence-corrected chi connectivity index (χ4v) is 2.01. The van der Waals surface area contributed by atoms with Crippen LogP contribution in [0.15, 0.2) is 0 Å². The van der Waals surface area contributed by atoms with Gasteiger partial charge in [-0.05, 0) is 31.2 Å². The molecular weight excluding hydrogens is 190 g/mol. The molecular formula is C12H25NO2. The standard InChI is InChI=1S/C12H25NO2/c1-4-13-12(8-14,11-5-6-11)9-15-7-10(2)3/h10-11,13-14H,4-9H2,1-3H3. The van der Waals surface area contributed by atoms with Crippen LogP contribution in [0.25, 0.3) is 0 Å². The Bertz CT molecular complexity index is 180. The third-order valence-corrected chi connectivity index (χ3v) is 2.98. The average Bonchev–Trinajstić information content (AvgIpc) is 2.99. The summed E-state index contributed by atoms with van der Waals surface area (Å²) in [5.74, 6) is 1.16. The van der Waals surface area contributed by atoms with Gasteiger partial charge >= 0.3 is 0 Å². The highest BCUT2D eigenvalue weighted by Crippen LogP contribution is 2.39. The molecule has 1 atom stereocenters. The number of ether oxygens (including phenoxy) is 1. The van der Waals surface area contributed by atoms with Gasteiger partial charge in [0.05, 0.1) is 18.8 Å². The molecule has 3 nitrogen and oxygen atoms in total. The molecule has 15 heavy (non-hydrogen) atoms. The van der Waals surface area contributed by atoms with Gasteiger partial charge in [0.25, 0.3) is 0 Å². The number of aliphatic hydroxyl groups is 1. The highest BCUT2D eigenvalue weighted by Gasteiger charge is 2.44. The first-order valence-electron chi connectivity index (χ1n) is 6.08. The average molecular weight is 215 g/mol. The van der Waals surface area contributed by atoms with Crippen molar-refractivity contribution < 1.29 is 9.84 Å². The van der Waals surface area contributed by atoms with Crippen molar-refractivity contribution in [2.75, 3.05) is 26.4 Å². The fourth-order valence-electron chi connectivity index (χ4n) is 2.01. The lowest BCUT2D eigenvalue weighted by Crippen LogP contribution is -2.54. The second kappa shape index (κ2) is 5.83. The van der Waals surface area contributed by atoms with E-state index in [1.54, 1.807) is 0 Å². The molecule has 0 amide bonds. The van der Waals surface area contributed by atoms with Gasteiger partial charge in [-0.1, -0.05) is 20.8 Å². The highest BCUT2D eigenvalue weighted by atomic mass is 16.5. The fraction of sp³-hybridized carbons (Fsp3) is 1.00. The predicted molar refractivity (Wildman–Crippen MR) is 61.9 cm³/mol. The largest absolute Gasteiger partial charge is 0.394 e. The molecule has 0 aliphatic heterocycles. The Morgan fingerprint density at radius 2 is 2.13 bits per heavy atom. The van der Waals surface area contributed by atoms with E-state index in [-0.39, 0.29) is 12.1 Å². The first-order valence-corrected chi connectivity index (χ1v) is 6.08. The summed E-state index contributed by atoms with van der Waals surface area (Å²) in [5, 5.41) is 12.9. The molecule has 2 N–H and O–H groups in total. The van der Waals surface area contributed by atoms with E-state index < -0.39 is 0 Å². The lowest BCUT2D eigenvalue weighted by Gasteiger charge is -2.33. The summed E-state index contributed by atoms with van der Waals surface area (Å²) in [6.07, 6.45) is 2.44. The number of hydrogen-bond acceptors (Lipinski definition) is 3. The van der Waals surface area contributed by atoms with Crippen LogP contribution in [0.1, 0.15) is 33.6 Å². The molecule has 1 unspecified atom stereocenters. The lowest BCUT2D eigenvalue weighted by atomic mass is 9.95. The van der Waals surface area contributed by atoms with E-state index in [2.05, 4.69) is 26.1 Å². The van der Waals surface area contributed by atoms with E-state index in [0.29, 0.717) is 18.4 Å². The molecule has 0 radical (unpaired) electrons. The van der Waals surface area contributed by atoms with Crippen molar-refractivity contribution in [1.82, 2.24) is 5.32 Å². The highest BCUT2D eigenvalue weighted by molar-refractivity contribution is 5.00. The molecule has 0 aromatic heterocycles. The summed E-state index contributed by atoms with van der Waals surface area (Å²) in [4.78, 5) is 0.